The van der Waals surface area contributed by atoms with E-state index in [4.69, 9.17) is 51.7 Å². The third kappa shape index (κ3) is 39.5. The SMILES string of the molecule is C=CC#N.C=CC(=O)OCC.CCN(CC)C(=S)SC(C)(C)C(=O)CCO.CCN(CC)C(=S)SCC(C)(C)C(=O)CCO.CN(C)C=O.[C-]#[N+]C(C)(CC)N=NC(C)(C#N)CC. The second-order valence-electron chi connectivity index (χ2n) is 14.4. The number of nitriles is 2. The van der Waals surface area contributed by atoms with Gasteiger partial charge in [0.2, 0.25) is 6.41 Å². The van der Waals surface area contributed by atoms with E-state index in [0.717, 1.165) is 47.3 Å². The Morgan fingerprint density at radius 2 is 1.25 bits per heavy atom. The molecule has 0 aromatic heterocycles. The molecule has 0 bridgehead atoms. The van der Waals surface area contributed by atoms with Crippen molar-refractivity contribution in [2.24, 2.45) is 15.6 Å². The topological polar surface area (TPSA) is 204 Å². The van der Waals surface area contributed by atoms with Gasteiger partial charge in [-0.25, -0.2) is 11.4 Å². The molecule has 0 saturated carbocycles. The van der Waals surface area contributed by atoms with Gasteiger partial charge in [-0.2, -0.15) is 15.6 Å². The minimum atomic E-state index is -0.812. The van der Waals surface area contributed by atoms with Gasteiger partial charge in [0.15, 0.2) is 11.3 Å². The highest BCUT2D eigenvalue weighted by molar-refractivity contribution is 8.24. The number of amides is 1. The van der Waals surface area contributed by atoms with Crippen molar-refractivity contribution in [1.29, 1.82) is 10.5 Å². The zero-order chi connectivity index (χ0) is 50.9. The van der Waals surface area contributed by atoms with Crippen LogP contribution in [-0.2, 0) is 23.9 Å². The monoisotopic (exact) mass is 958 g/mol. The van der Waals surface area contributed by atoms with Crippen LogP contribution >= 0.6 is 48.0 Å². The quantitative estimate of drug-likeness (QED) is 0.0223. The summed E-state index contributed by atoms with van der Waals surface area (Å²) in [4.78, 5) is 52.0. The van der Waals surface area contributed by atoms with Crippen molar-refractivity contribution < 1.29 is 34.1 Å². The Bertz CT molecular complexity index is 1470. The maximum Gasteiger partial charge on any atom is 0.337 e. The smallest absolute Gasteiger partial charge is 0.337 e. The molecule has 360 valence electrons. The van der Waals surface area contributed by atoms with E-state index in [1.807, 2.05) is 60.3 Å². The first-order valence-corrected chi connectivity index (χ1v) is 23.2. The van der Waals surface area contributed by atoms with Gasteiger partial charge >= 0.3 is 11.6 Å². The lowest BCUT2D eigenvalue weighted by atomic mass is 9.89. The van der Waals surface area contributed by atoms with Crippen molar-refractivity contribution in [3.63, 3.8) is 0 Å². The third-order valence-corrected chi connectivity index (χ3v) is 11.8. The number of hydrogen-bond donors (Lipinski definition) is 2. The summed E-state index contributed by atoms with van der Waals surface area (Å²) in [7, 11) is 3.38. The first-order valence-electron chi connectivity index (χ1n) is 20.6. The number of esters is 1. The van der Waals surface area contributed by atoms with Gasteiger partial charge in [-0.15, -0.1) is 5.11 Å². The molecule has 0 aromatic rings. The molecular weight excluding hydrogens is 881 g/mol. The molecule has 2 N–H and O–H groups in total. The average Bonchev–Trinajstić information content (AvgIpc) is 3.26. The van der Waals surface area contributed by atoms with Crippen LogP contribution < -0.4 is 0 Å². The lowest BCUT2D eigenvalue weighted by Gasteiger charge is -2.28. The Hall–Kier alpha value is -3.77. The molecule has 19 heteroatoms. The van der Waals surface area contributed by atoms with Crippen LogP contribution in [0.2, 0.25) is 0 Å². The van der Waals surface area contributed by atoms with E-state index in [1.165, 1.54) is 22.7 Å². The van der Waals surface area contributed by atoms with Gasteiger partial charge in [0.25, 0.3) is 0 Å². The lowest BCUT2D eigenvalue weighted by molar-refractivity contribution is -0.137. The van der Waals surface area contributed by atoms with Crippen LogP contribution in [0.4, 0.5) is 0 Å². The average molecular weight is 959 g/mol. The number of aliphatic hydroxyl groups is 2. The first kappa shape index (κ1) is 70.9. The predicted octanol–water partition coefficient (Wildman–Crippen LogP) is 8.71. The van der Waals surface area contributed by atoms with Crippen LogP contribution in [-0.4, -0.2) is 139 Å². The van der Waals surface area contributed by atoms with Crippen LogP contribution in [0.5, 0.6) is 0 Å². The Kier molecular flexibility index (Phi) is 47.5. The lowest BCUT2D eigenvalue weighted by Crippen LogP contribution is -2.35. The second kappa shape index (κ2) is 42.2. The molecule has 63 heavy (non-hydrogen) atoms. The zero-order valence-electron chi connectivity index (χ0n) is 40.8. The van der Waals surface area contributed by atoms with E-state index in [9.17, 15) is 19.2 Å². The fourth-order valence-corrected chi connectivity index (χ4v) is 6.77. The van der Waals surface area contributed by atoms with Crippen molar-refractivity contribution >= 4 is 80.5 Å². The fourth-order valence-electron chi connectivity index (χ4n) is 3.32. The Labute approximate surface area is 400 Å². The summed E-state index contributed by atoms with van der Waals surface area (Å²) >= 11 is 13.6. The normalized spacial score (nSPS) is 11.8. The van der Waals surface area contributed by atoms with Gasteiger partial charge in [0.1, 0.15) is 14.4 Å². The Morgan fingerprint density at radius 3 is 1.54 bits per heavy atom. The standard InChI is InChI=1S/C12H23NO2S2.C11H21NO2S2.C10H16N4.C5H8O2.C3H7NO.C3H3N/c1-5-13(6-2)11(16)17-9-12(3,4)10(15)7-8-14;1-5-12(6-2)10(15)16-11(3,4)9(14)7-8-13;1-6-9(3,8-11)13-14-10(4,7-2)12-5;1-3-5(6)7-4-2;1-4(2)3-5;1-2-3-4/h14H,5-9H2,1-4H3;13H,5-8H2,1-4H3;6-7H2,1-4H3;3H,1,4H2,2H3;3H,1-2H3;2H,1H2. The summed E-state index contributed by atoms with van der Waals surface area (Å²) in [6, 6.07) is 3.78. The second-order valence-corrected chi connectivity index (χ2v) is 18.3. The van der Waals surface area contributed by atoms with Crippen LogP contribution in [0, 0.1) is 34.6 Å². The molecule has 0 aliphatic rings. The number of thiocarbonyl (C=S) groups is 2. The number of aliphatic hydroxyl groups excluding tert-OH is 2. The van der Waals surface area contributed by atoms with E-state index in [-0.39, 0.29) is 43.6 Å². The molecule has 0 spiro atoms. The Balaban J connectivity index is -0.000000165. The summed E-state index contributed by atoms with van der Waals surface area (Å²) in [6.45, 7) is 41.7. The summed E-state index contributed by atoms with van der Waals surface area (Å²) in [6.07, 6.45) is 4.70. The first-order chi connectivity index (χ1) is 29.2. The van der Waals surface area contributed by atoms with Gasteiger partial charge in [-0.3, -0.25) is 19.2 Å². The minimum absolute atomic E-state index is 0.0366. The van der Waals surface area contributed by atoms with E-state index >= 15 is 0 Å². The van der Waals surface area contributed by atoms with E-state index < -0.39 is 21.4 Å². The molecule has 1 amide bonds. The van der Waals surface area contributed by atoms with E-state index in [0.29, 0.717) is 25.2 Å². The van der Waals surface area contributed by atoms with Gasteiger partial charge in [-0.1, -0.05) is 88.8 Å². The molecule has 0 aliphatic carbocycles. The molecule has 0 aromatic carbocycles. The van der Waals surface area contributed by atoms with Crippen molar-refractivity contribution in [2.45, 2.75) is 132 Å². The number of carbonyl (C=O) groups excluding carboxylic acids is 4. The largest absolute Gasteiger partial charge is 0.463 e. The van der Waals surface area contributed by atoms with Crippen molar-refractivity contribution in [1.82, 2.24) is 14.7 Å². The maximum absolute atomic E-state index is 11.8. The highest BCUT2D eigenvalue weighted by atomic mass is 32.2. The molecule has 2 unspecified atom stereocenters. The highest BCUT2D eigenvalue weighted by Gasteiger charge is 2.31. The maximum atomic E-state index is 11.8. The van der Waals surface area contributed by atoms with Crippen LogP contribution in [0.25, 0.3) is 4.85 Å². The molecule has 0 heterocycles. The summed E-state index contributed by atoms with van der Waals surface area (Å²) in [5, 5.41) is 41.8. The molecule has 15 nitrogen and oxygen atoms in total. The number of Topliss-reactive ketones (excluding diaryl/α,β-unsaturated/α-hetero) is 2. The minimum Gasteiger partial charge on any atom is -0.463 e. The van der Waals surface area contributed by atoms with Gasteiger partial charge in [0.05, 0.1) is 30.1 Å². The summed E-state index contributed by atoms with van der Waals surface area (Å²) < 4.78 is 5.48. The fraction of sp³-hybridized carbons (Fsp3) is 0.705. The summed E-state index contributed by atoms with van der Waals surface area (Å²) in [5.41, 5.74) is -2.03. The number of hydrogen-bond acceptors (Lipinski definition) is 15. The van der Waals surface area contributed by atoms with Crippen LogP contribution in [0.15, 0.2) is 35.5 Å². The van der Waals surface area contributed by atoms with Crippen molar-refractivity contribution in [2.75, 3.05) is 65.8 Å². The number of ether oxygens (including phenoxy) is 1. The van der Waals surface area contributed by atoms with Gasteiger partial charge in [0, 0.05) is 96.4 Å². The molecule has 0 radical (unpaired) electrons. The zero-order valence-corrected chi connectivity index (χ0v) is 44.0. The molecule has 0 fully saturated rings. The summed E-state index contributed by atoms with van der Waals surface area (Å²) in [5.74, 6) is 0.438. The van der Waals surface area contributed by atoms with Gasteiger partial charge in [-0.05, 0) is 61.8 Å². The molecule has 2 atom stereocenters. The number of rotatable bonds is 20. The number of ketones is 2. The Morgan fingerprint density at radius 1 is 0.825 bits per heavy atom. The number of azo groups is 1. The molecule has 0 rings (SSSR count). The van der Waals surface area contributed by atoms with Gasteiger partial charge < -0.3 is 29.6 Å². The molecular formula is C44H78N8O7S4. The third-order valence-electron chi connectivity index (χ3n) is 8.13. The van der Waals surface area contributed by atoms with Crippen LogP contribution in [0.3, 0.4) is 0 Å². The number of thioether (sulfide) groups is 2. The number of carbonyl (C=O) groups is 4. The molecule has 0 aliphatic heterocycles. The van der Waals surface area contributed by atoms with E-state index in [2.05, 4.69) is 57.8 Å². The number of nitrogens with zero attached hydrogens (tertiary/aromatic N) is 8. The van der Waals surface area contributed by atoms with Crippen molar-refractivity contribution in [3.8, 4) is 12.1 Å². The highest BCUT2D eigenvalue weighted by Crippen LogP contribution is 2.29. The predicted molar refractivity (Wildman–Crippen MR) is 269 cm³/mol. The van der Waals surface area contributed by atoms with Crippen LogP contribution in [0.1, 0.15) is 116 Å². The molecule has 0 saturated heterocycles. The van der Waals surface area contributed by atoms with E-state index in [1.54, 1.807) is 52.7 Å². The van der Waals surface area contributed by atoms with Crippen molar-refractivity contribution in [3.05, 3.63) is 36.7 Å². The number of allylic oxidation sites excluding steroid dienone is 1.